The lowest BCUT2D eigenvalue weighted by Gasteiger charge is -2.20. The van der Waals surface area contributed by atoms with Crippen LogP contribution in [0.5, 0.6) is 0 Å². The molecular weight excluding hydrogens is 291 g/mol. The second kappa shape index (κ2) is 9.00. The maximum absolute atomic E-state index is 6.15. The highest BCUT2D eigenvalue weighted by Crippen LogP contribution is 2.12. The molecule has 0 aromatic heterocycles. The number of nitrogens with zero attached hydrogens (tertiary/aromatic N) is 1. The van der Waals surface area contributed by atoms with Crippen molar-refractivity contribution < 1.29 is 0 Å². The first-order valence-corrected chi connectivity index (χ1v) is 6.34. The van der Waals surface area contributed by atoms with Crippen molar-refractivity contribution >= 4 is 36.4 Å². The minimum Gasteiger partial charge on any atom is -0.326 e. The summed E-state index contributed by atoms with van der Waals surface area (Å²) in [4.78, 5) is 2.46. The molecule has 1 aromatic rings. The third-order valence-corrected chi connectivity index (χ3v) is 3.35. The van der Waals surface area contributed by atoms with Gasteiger partial charge < -0.3 is 10.6 Å². The van der Waals surface area contributed by atoms with Crippen LogP contribution in [0.25, 0.3) is 0 Å². The highest BCUT2D eigenvalue weighted by atomic mass is 35.5. The summed E-state index contributed by atoms with van der Waals surface area (Å²) in [5.41, 5.74) is 7.42. The van der Waals surface area contributed by atoms with Gasteiger partial charge in [0.1, 0.15) is 0 Å². The fourth-order valence-electron chi connectivity index (χ4n) is 2.28. The zero-order valence-electron chi connectivity index (χ0n) is 10.3. The molecule has 2 rings (SSSR count). The fraction of sp³-hybridized carbons (Fsp3) is 0.538. The Morgan fingerprint density at radius 3 is 2.22 bits per heavy atom. The zero-order chi connectivity index (χ0) is 11.4. The third kappa shape index (κ3) is 5.77. The summed E-state index contributed by atoms with van der Waals surface area (Å²) in [6, 6.07) is 8.22. The van der Waals surface area contributed by atoms with E-state index in [1.165, 1.54) is 31.5 Å². The van der Waals surface area contributed by atoms with Crippen LogP contribution in [-0.4, -0.2) is 30.6 Å². The van der Waals surface area contributed by atoms with E-state index in [-0.39, 0.29) is 30.9 Å². The predicted octanol–water partition coefficient (Wildman–Crippen LogP) is 3.15. The Labute approximate surface area is 127 Å². The number of hydrogen-bond acceptors (Lipinski definition) is 2. The van der Waals surface area contributed by atoms with Crippen molar-refractivity contribution in [3.63, 3.8) is 0 Å². The number of halogens is 3. The lowest BCUT2D eigenvalue weighted by molar-refractivity contribution is 0.313. The highest BCUT2D eigenvalue weighted by molar-refractivity contribution is 6.30. The minimum absolute atomic E-state index is 0. The van der Waals surface area contributed by atoms with Crippen LogP contribution in [0.3, 0.4) is 0 Å². The first kappa shape index (κ1) is 18.0. The summed E-state index contributed by atoms with van der Waals surface area (Å²) in [7, 11) is 0. The number of rotatable bonds is 4. The van der Waals surface area contributed by atoms with Crippen molar-refractivity contribution in [3.05, 3.63) is 34.9 Å². The Balaban J connectivity index is 0.00000144. The Morgan fingerprint density at radius 2 is 1.67 bits per heavy atom. The van der Waals surface area contributed by atoms with Gasteiger partial charge >= 0.3 is 0 Å². The molecule has 2 N–H and O–H groups in total. The summed E-state index contributed by atoms with van der Waals surface area (Å²) in [6.45, 7) is 3.45. The van der Waals surface area contributed by atoms with Crippen molar-refractivity contribution in [1.29, 1.82) is 0 Å². The Morgan fingerprint density at radius 1 is 1.11 bits per heavy atom. The quantitative estimate of drug-likeness (QED) is 0.925. The third-order valence-electron chi connectivity index (χ3n) is 3.10. The SMILES string of the molecule is Cl.Cl.NC(Cc1ccc(Cl)cc1)CN1CCCC1. The van der Waals surface area contributed by atoms with Crippen molar-refractivity contribution in [2.24, 2.45) is 5.73 Å². The molecule has 1 aliphatic rings. The molecule has 0 amide bonds. The molecule has 0 spiro atoms. The van der Waals surface area contributed by atoms with E-state index in [0.717, 1.165) is 18.0 Å². The van der Waals surface area contributed by atoms with Gasteiger partial charge in [0.25, 0.3) is 0 Å². The van der Waals surface area contributed by atoms with Gasteiger partial charge in [0.05, 0.1) is 0 Å². The van der Waals surface area contributed by atoms with Gasteiger partial charge in [-0.25, -0.2) is 0 Å². The summed E-state index contributed by atoms with van der Waals surface area (Å²) in [5.74, 6) is 0. The molecule has 0 bridgehead atoms. The van der Waals surface area contributed by atoms with E-state index in [9.17, 15) is 0 Å². The summed E-state index contributed by atoms with van der Waals surface area (Å²) < 4.78 is 0. The van der Waals surface area contributed by atoms with Crippen LogP contribution in [0.1, 0.15) is 18.4 Å². The van der Waals surface area contributed by atoms with Crippen molar-refractivity contribution in [2.45, 2.75) is 25.3 Å². The van der Waals surface area contributed by atoms with Gasteiger partial charge in [0, 0.05) is 17.6 Å². The largest absolute Gasteiger partial charge is 0.326 e. The van der Waals surface area contributed by atoms with Crippen molar-refractivity contribution in [1.82, 2.24) is 4.90 Å². The molecule has 0 saturated carbocycles. The number of likely N-dealkylation sites (tertiary alicyclic amines) is 1. The molecule has 104 valence electrons. The van der Waals surface area contributed by atoms with E-state index in [4.69, 9.17) is 17.3 Å². The lowest BCUT2D eigenvalue weighted by atomic mass is 10.1. The predicted molar refractivity (Wildman–Crippen MR) is 83.3 cm³/mol. The fourth-order valence-corrected chi connectivity index (χ4v) is 2.41. The maximum Gasteiger partial charge on any atom is 0.0406 e. The number of nitrogens with two attached hydrogens (primary N) is 1. The smallest absolute Gasteiger partial charge is 0.0406 e. The van der Waals surface area contributed by atoms with E-state index in [1.54, 1.807) is 0 Å². The van der Waals surface area contributed by atoms with Crippen molar-refractivity contribution in [3.8, 4) is 0 Å². The monoisotopic (exact) mass is 310 g/mol. The molecule has 18 heavy (non-hydrogen) atoms. The molecule has 1 aromatic carbocycles. The molecule has 1 atom stereocenters. The minimum atomic E-state index is 0. The Hall–Kier alpha value is 0.01000. The molecule has 0 aliphatic carbocycles. The summed E-state index contributed by atoms with van der Waals surface area (Å²) in [6.07, 6.45) is 3.59. The van der Waals surface area contributed by atoms with Gasteiger partial charge in [-0.1, -0.05) is 23.7 Å². The lowest BCUT2D eigenvalue weighted by Crippen LogP contribution is -2.37. The zero-order valence-corrected chi connectivity index (χ0v) is 12.7. The molecule has 1 heterocycles. The Kier molecular flexibility index (Phi) is 9.01. The van der Waals surface area contributed by atoms with Gasteiger partial charge in [0.15, 0.2) is 0 Å². The second-order valence-corrected chi connectivity index (χ2v) is 5.03. The second-order valence-electron chi connectivity index (χ2n) is 4.60. The molecule has 1 fully saturated rings. The van der Waals surface area contributed by atoms with Crippen LogP contribution in [0.4, 0.5) is 0 Å². The molecule has 0 radical (unpaired) electrons. The van der Waals surface area contributed by atoms with Crippen LogP contribution in [-0.2, 0) is 6.42 Å². The average Bonchev–Trinajstić information content (AvgIpc) is 2.74. The molecule has 2 nitrogen and oxygen atoms in total. The van der Waals surface area contributed by atoms with Crippen LogP contribution >= 0.6 is 36.4 Å². The summed E-state index contributed by atoms with van der Waals surface area (Å²) in [5, 5.41) is 0.789. The standard InChI is InChI=1S/C13H19ClN2.2ClH/c14-12-5-3-11(4-6-12)9-13(15)10-16-7-1-2-8-16;;/h3-6,13H,1-2,7-10,15H2;2*1H. The Bertz CT molecular complexity index is 324. The first-order valence-electron chi connectivity index (χ1n) is 5.96. The van der Waals surface area contributed by atoms with Gasteiger partial charge in [-0.05, 0) is 50.0 Å². The molecule has 1 unspecified atom stereocenters. The van der Waals surface area contributed by atoms with E-state index in [1.807, 2.05) is 12.1 Å². The van der Waals surface area contributed by atoms with E-state index in [2.05, 4.69) is 17.0 Å². The van der Waals surface area contributed by atoms with Crippen LogP contribution in [0.2, 0.25) is 5.02 Å². The topological polar surface area (TPSA) is 29.3 Å². The van der Waals surface area contributed by atoms with Gasteiger partial charge in [-0.2, -0.15) is 0 Å². The summed E-state index contributed by atoms with van der Waals surface area (Å²) >= 11 is 5.85. The molecule has 5 heteroatoms. The van der Waals surface area contributed by atoms with Gasteiger partial charge in [-0.15, -0.1) is 24.8 Å². The highest BCUT2D eigenvalue weighted by Gasteiger charge is 2.14. The number of hydrogen-bond donors (Lipinski definition) is 1. The number of benzene rings is 1. The van der Waals surface area contributed by atoms with Crippen molar-refractivity contribution in [2.75, 3.05) is 19.6 Å². The van der Waals surface area contributed by atoms with Gasteiger partial charge in [0.2, 0.25) is 0 Å². The normalized spacial score (nSPS) is 16.8. The van der Waals surface area contributed by atoms with E-state index in [0.29, 0.717) is 0 Å². The molecular formula is C13H21Cl3N2. The molecule has 1 saturated heterocycles. The van der Waals surface area contributed by atoms with Crippen LogP contribution in [0.15, 0.2) is 24.3 Å². The average molecular weight is 312 g/mol. The van der Waals surface area contributed by atoms with E-state index >= 15 is 0 Å². The maximum atomic E-state index is 6.15. The van der Waals surface area contributed by atoms with Gasteiger partial charge in [-0.3, -0.25) is 0 Å². The molecule has 1 aliphatic heterocycles. The van der Waals surface area contributed by atoms with Crippen LogP contribution in [0, 0.1) is 0 Å². The first-order chi connectivity index (χ1) is 7.74. The van der Waals surface area contributed by atoms with Crippen LogP contribution < -0.4 is 5.73 Å². The van der Waals surface area contributed by atoms with E-state index < -0.39 is 0 Å².